The standard InChI is InChI=1S/C12H26N2O2Si/c1-5-7-10(8-6-9-11(13)15)12(16)14-17(2,3)4/h10H,5-9H2,1-4H3,(H2,13,15)(H,14,16). The van der Waals surface area contributed by atoms with Crippen molar-refractivity contribution in [2.24, 2.45) is 11.7 Å². The van der Waals surface area contributed by atoms with Crippen molar-refractivity contribution in [1.29, 1.82) is 0 Å². The van der Waals surface area contributed by atoms with Gasteiger partial charge < -0.3 is 10.7 Å². The Morgan fingerprint density at radius 1 is 1.24 bits per heavy atom. The molecule has 0 radical (unpaired) electrons. The van der Waals surface area contributed by atoms with E-state index >= 15 is 0 Å². The van der Waals surface area contributed by atoms with Crippen molar-refractivity contribution in [3.05, 3.63) is 0 Å². The van der Waals surface area contributed by atoms with E-state index in [9.17, 15) is 9.59 Å². The lowest BCUT2D eigenvalue weighted by Gasteiger charge is -2.23. The van der Waals surface area contributed by atoms with Crippen molar-refractivity contribution in [3.63, 3.8) is 0 Å². The highest BCUT2D eigenvalue weighted by Crippen LogP contribution is 2.16. The summed E-state index contributed by atoms with van der Waals surface area (Å²) in [7, 11) is -1.56. The number of amides is 2. The molecule has 0 aromatic heterocycles. The molecule has 0 aromatic rings. The molecule has 0 aliphatic rings. The van der Waals surface area contributed by atoms with Crippen molar-refractivity contribution >= 4 is 20.0 Å². The molecule has 4 nitrogen and oxygen atoms in total. The van der Waals surface area contributed by atoms with E-state index in [0.717, 1.165) is 19.3 Å². The first kappa shape index (κ1) is 16.2. The summed E-state index contributed by atoms with van der Waals surface area (Å²) in [6.07, 6.45) is 3.71. The van der Waals surface area contributed by atoms with Gasteiger partial charge in [0.05, 0.1) is 0 Å². The summed E-state index contributed by atoms with van der Waals surface area (Å²) in [4.78, 5) is 25.8. The molecule has 0 rings (SSSR count). The average molecular weight is 258 g/mol. The van der Waals surface area contributed by atoms with E-state index < -0.39 is 8.24 Å². The lowest BCUT2D eigenvalue weighted by atomic mass is 9.96. The molecular formula is C12H26N2O2Si. The second kappa shape index (κ2) is 7.48. The fourth-order valence-electron chi connectivity index (χ4n) is 1.75. The number of carbonyl (C=O) groups excluding carboxylic acids is 2. The van der Waals surface area contributed by atoms with E-state index in [2.05, 4.69) is 31.5 Å². The van der Waals surface area contributed by atoms with Crippen LogP contribution in [0.25, 0.3) is 0 Å². The van der Waals surface area contributed by atoms with Gasteiger partial charge in [-0.3, -0.25) is 9.59 Å². The number of nitrogens with one attached hydrogen (secondary N) is 1. The zero-order valence-electron chi connectivity index (χ0n) is 11.5. The van der Waals surface area contributed by atoms with E-state index in [0.29, 0.717) is 12.8 Å². The smallest absolute Gasteiger partial charge is 0.217 e. The summed E-state index contributed by atoms with van der Waals surface area (Å²) in [5.74, 6) is -0.104. The zero-order valence-corrected chi connectivity index (χ0v) is 12.5. The van der Waals surface area contributed by atoms with Gasteiger partial charge in [-0.25, -0.2) is 0 Å². The number of rotatable bonds is 8. The SMILES string of the molecule is CCCC(CCCC(N)=O)C(=O)N[Si](C)(C)C. The zero-order chi connectivity index (χ0) is 13.5. The highest BCUT2D eigenvalue weighted by Gasteiger charge is 2.23. The maximum absolute atomic E-state index is 12.0. The molecule has 0 saturated heterocycles. The molecule has 100 valence electrons. The second-order valence-electron chi connectivity index (χ2n) is 5.58. The van der Waals surface area contributed by atoms with Gasteiger partial charge in [0.2, 0.25) is 11.8 Å². The highest BCUT2D eigenvalue weighted by molar-refractivity contribution is 6.75. The van der Waals surface area contributed by atoms with Gasteiger partial charge in [-0.05, 0) is 19.3 Å². The Balaban J connectivity index is 4.21. The van der Waals surface area contributed by atoms with Crippen LogP contribution < -0.4 is 10.7 Å². The molecule has 5 heteroatoms. The Bertz CT molecular complexity index is 262. The number of carbonyl (C=O) groups is 2. The molecular weight excluding hydrogens is 232 g/mol. The minimum Gasteiger partial charge on any atom is -0.382 e. The summed E-state index contributed by atoms with van der Waals surface area (Å²) in [6, 6.07) is 0. The molecule has 1 atom stereocenters. The monoisotopic (exact) mass is 258 g/mol. The van der Waals surface area contributed by atoms with Crippen LogP contribution in [-0.4, -0.2) is 20.0 Å². The molecule has 0 heterocycles. The molecule has 0 bridgehead atoms. The fraction of sp³-hybridized carbons (Fsp3) is 0.833. The Hall–Kier alpha value is -0.843. The Morgan fingerprint density at radius 3 is 2.24 bits per heavy atom. The van der Waals surface area contributed by atoms with Gasteiger partial charge in [0, 0.05) is 12.3 Å². The van der Waals surface area contributed by atoms with Crippen LogP contribution in [0.2, 0.25) is 19.6 Å². The van der Waals surface area contributed by atoms with E-state index in [1.165, 1.54) is 0 Å². The predicted octanol–water partition coefficient (Wildman–Crippen LogP) is 2.01. The van der Waals surface area contributed by atoms with Gasteiger partial charge in [-0.1, -0.05) is 33.0 Å². The fourth-order valence-corrected chi connectivity index (χ4v) is 2.69. The Labute approximate surface area is 105 Å². The van der Waals surface area contributed by atoms with E-state index in [-0.39, 0.29) is 17.7 Å². The Morgan fingerprint density at radius 2 is 1.82 bits per heavy atom. The van der Waals surface area contributed by atoms with Crippen LogP contribution in [0.4, 0.5) is 0 Å². The van der Waals surface area contributed by atoms with Gasteiger partial charge in [0.15, 0.2) is 0 Å². The average Bonchev–Trinajstić information content (AvgIpc) is 2.13. The van der Waals surface area contributed by atoms with Crippen LogP contribution >= 0.6 is 0 Å². The summed E-state index contributed by atoms with van der Waals surface area (Å²) >= 11 is 0. The number of hydrogen-bond donors (Lipinski definition) is 2. The molecule has 0 saturated carbocycles. The number of primary amides is 1. The summed E-state index contributed by atoms with van der Waals surface area (Å²) in [5.41, 5.74) is 5.10. The predicted molar refractivity (Wildman–Crippen MR) is 72.9 cm³/mol. The van der Waals surface area contributed by atoms with Crippen molar-refractivity contribution in [1.82, 2.24) is 4.98 Å². The first-order valence-electron chi connectivity index (χ1n) is 6.36. The summed E-state index contributed by atoms with van der Waals surface area (Å²) in [5, 5.41) is 0. The van der Waals surface area contributed by atoms with Gasteiger partial charge >= 0.3 is 0 Å². The normalized spacial score (nSPS) is 13.2. The van der Waals surface area contributed by atoms with Crippen LogP contribution in [0.3, 0.4) is 0 Å². The first-order chi connectivity index (χ1) is 7.76. The maximum Gasteiger partial charge on any atom is 0.217 e. The Kier molecular flexibility index (Phi) is 7.11. The van der Waals surface area contributed by atoms with Crippen LogP contribution in [0.15, 0.2) is 0 Å². The van der Waals surface area contributed by atoms with Crippen LogP contribution in [0.1, 0.15) is 39.0 Å². The van der Waals surface area contributed by atoms with Gasteiger partial charge in [-0.2, -0.15) is 0 Å². The van der Waals surface area contributed by atoms with E-state index in [4.69, 9.17) is 5.73 Å². The minimum atomic E-state index is -1.56. The molecule has 2 amide bonds. The molecule has 0 spiro atoms. The highest BCUT2D eigenvalue weighted by atomic mass is 28.3. The minimum absolute atomic E-state index is 0.0334. The molecule has 17 heavy (non-hydrogen) atoms. The molecule has 0 aromatic carbocycles. The summed E-state index contributed by atoms with van der Waals surface area (Å²) < 4.78 is 0. The van der Waals surface area contributed by atoms with Crippen molar-refractivity contribution in [2.45, 2.75) is 58.7 Å². The third kappa shape index (κ3) is 8.91. The molecule has 0 aliphatic carbocycles. The molecule has 0 fully saturated rings. The lowest BCUT2D eigenvalue weighted by molar-refractivity contribution is -0.124. The number of hydrogen-bond acceptors (Lipinski definition) is 2. The van der Waals surface area contributed by atoms with Gasteiger partial charge in [0.1, 0.15) is 8.24 Å². The third-order valence-electron chi connectivity index (χ3n) is 2.48. The van der Waals surface area contributed by atoms with E-state index in [1.54, 1.807) is 0 Å². The molecule has 1 unspecified atom stereocenters. The van der Waals surface area contributed by atoms with Crippen LogP contribution in [-0.2, 0) is 9.59 Å². The molecule has 0 aliphatic heterocycles. The molecule has 3 N–H and O–H groups in total. The van der Waals surface area contributed by atoms with Gasteiger partial charge in [-0.15, -0.1) is 0 Å². The van der Waals surface area contributed by atoms with Crippen molar-refractivity contribution < 1.29 is 9.59 Å². The van der Waals surface area contributed by atoms with Gasteiger partial charge in [0.25, 0.3) is 0 Å². The lowest BCUT2D eigenvalue weighted by Crippen LogP contribution is -2.48. The topological polar surface area (TPSA) is 72.2 Å². The van der Waals surface area contributed by atoms with Crippen LogP contribution in [0.5, 0.6) is 0 Å². The summed E-state index contributed by atoms with van der Waals surface area (Å²) in [6.45, 7) is 8.40. The van der Waals surface area contributed by atoms with Crippen LogP contribution in [0, 0.1) is 5.92 Å². The first-order valence-corrected chi connectivity index (χ1v) is 9.86. The quantitative estimate of drug-likeness (QED) is 0.654. The largest absolute Gasteiger partial charge is 0.382 e. The second-order valence-corrected chi connectivity index (χ2v) is 10.3. The van der Waals surface area contributed by atoms with Crippen molar-refractivity contribution in [2.75, 3.05) is 0 Å². The maximum atomic E-state index is 12.0. The van der Waals surface area contributed by atoms with Crippen molar-refractivity contribution in [3.8, 4) is 0 Å². The number of nitrogens with two attached hydrogens (primary N) is 1. The third-order valence-corrected chi connectivity index (χ3v) is 3.48. The van der Waals surface area contributed by atoms with E-state index in [1.807, 2.05) is 0 Å².